The van der Waals surface area contributed by atoms with Crippen molar-refractivity contribution in [1.82, 2.24) is 10.2 Å². The lowest BCUT2D eigenvalue weighted by Gasteiger charge is -2.34. The third kappa shape index (κ3) is 5.03. The average molecular weight is 286 g/mol. The first-order chi connectivity index (χ1) is 8.29. The number of aliphatic carboxylic acids is 1. The van der Waals surface area contributed by atoms with E-state index in [-0.39, 0.29) is 13.0 Å². The normalized spacial score (nSPS) is 20.6. The molecule has 1 heterocycles. The second kappa shape index (κ2) is 6.17. The van der Waals surface area contributed by atoms with Crippen molar-refractivity contribution in [2.24, 2.45) is 0 Å². The van der Waals surface area contributed by atoms with E-state index >= 15 is 0 Å². The van der Waals surface area contributed by atoms with Gasteiger partial charge in [0, 0.05) is 18.1 Å². The van der Waals surface area contributed by atoms with Crippen LogP contribution in [0.3, 0.4) is 0 Å². The SMILES string of the molecule is O=C(O)CC1CSCCN1C(=O)NCC(F)(F)F. The predicted molar refractivity (Wildman–Crippen MR) is 59.5 cm³/mol. The number of alkyl halides is 3. The number of carboxylic acid groups (broad SMARTS) is 1. The highest BCUT2D eigenvalue weighted by atomic mass is 32.2. The molecule has 0 aliphatic carbocycles. The summed E-state index contributed by atoms with van der Waals surface area (Å²) >= 11 is 1.48. The highest BCUT2D eigenvalue weighted by Crippen LogP contribution is 2.19. The van der Waals surface area contributed by atoms with E-state index in [1.165, 1.54) is 11.8 Å². The fraction of sp³-hybridized carbons (Fsp3) is 0.778. The second-order valence-electron chi connectivity index (χ2n) is 3.79. The summed E-state index contributed by atoms with van der Waals surface area (Å²) < 4.78 is 35.9. The molecule has 2 amide bonds. The molecule has 1 fully saturated rings. The van der Waals surface area contributed by atoms with Crippen LogP contribution in [0.25, 0.3) is 0 Å². The van der Waals surface area contributed by atoms with Gasteiger partial charge >= 0.3 is 18.2 Å². The number of amides is 2. The molecule has 104 valence electrons. The first-order valence-electron chi connectivity index (χ1n) is 5.20. The van der Waals surface area contributed by atoms with Gasteiger partial charge in [-0.1, -0.05) is 0 Å². The zero-order chi connectivity index (χ0) is 13.8. The average Bonchev–Trinajstić information content (AvgIpc) is 2.25. The molecule has 0 spiro atoms. The van der Waals surface area contributed by atoms with Crippen LogP contribution in [-0.4, -0.2) is 58.8 Å². The maximum Gasteiger partial charge on any atom is 0.405 e. The third-order valence-corrected chi connectivity index (χ3v) is 3.43. The number of thioether (sulfide) groups is 1. The van der Waals surface area contributed by atoms with Gasteiger partial charge in [0.15, 0.2) is 0 Å². The summed E-state index contributed by atoms with van der Waals surface area (Å²) in [4.78, 5) is 23.3. The quantitative estimate of drug-likeness (QED) is 0.816. The number of carbonyl (C=O) groups is 2. The number of nitrogens with one attached hydrogen (secondary N) is 1. The van der Waals surface area contributed by atoms with E-state index in [9.17, 15) is 22.8 Å². The zero-order valence-electron chi connectivity index (χ0n) is 9.37. The summed E-state index contributed by atoms with van der Waals surface area (Å²) in [7, 11) is 0. The molecule has 0 saturated carbocycles. The van der Waals surface area contributed by atoms with E-state index in [4.69, 9.17) is 5.11 Å². The van der Waals surface area contributed by atoms with Gasteiger partial charge in [-0.15, -0.1) is 0 Å². The van der Waals surface area contributed by atoms with Crippen LogP contribution in [0.2, 0.25) is 0 Å². The van der Waals surface area contributed by atoms with E-state index in [1.54, 1.807) is 5.32 Å². The summed E-state index contributed by atoms with van der Waals surface area (Å²) in [5, 5.41) is 10.4. The van der Waals surface area contributed by atoms with Crippen molar-refractivity contribution >= 4 is 23.8 Å². The maximum atomic E-state index is 12.0. The van der Waals surface area contributed by atoms with E-state index in [0.29, 0.717) is 11.5 Å². The van der Waals surface area contributed by atoms with Crippen LogP contribution in [0.15, 0.2) is 0 Å². The molecule has 1 aliphatic heterocycles. The van der Waals surface area contributed by atoms with Gasteiger partial charge < -0.3 is 15.3 Å². The molecule has 1 saturated heterocycles. The standard InChI is InChI=1S/C9H13F3N2O3S/c10-9(11,12)5-13-8(17)14-1-2-18-4-6(14)3-7(15)16/h6H,1-5H2,(H,13,17)(H,15,16). The van der Waals surface area contributed by atoms with E-state index in [1.807, 2.05) is 0 Å². The van der Waals surface area contributed by atoms with Crippen LogP contribution < -0.4 is 5.32 Å². The van der Waals surface area contributed by atoms with Crippen LogP contribution in [0.4, 0.5) is 18.0 Å². The number of rotatable bonds is 3. The Balaban J connectivity index is 2.54. The number of nitrogens with zero attached hydrogens (tertiary/aromatic N) is 1. The summed E-state index contributed by atoms with van der Waals surface area (Å²) in [5.41, 5.74) is 0. The van der Waals surface area contributed by atoms with Crippen molar-refractivity contribution < 1.29 is 27.9 Å². The van der Waals surface area contributed by atoms with E-state index in [0.717, 1.165) is 4.90 Å². The van der Waals surface area contributed by atoms with Gasteiger partial charge in [-0.2, -0.15) is 24.9 Å². The van der Waals surface area contributed by atoms with Gasteiger partial charge in [0.05, 0.1) is 12.5 Å². The fourth-order valence-corrected chi connectivity index (χ4v) is 2.63. The van der Waals surface area contributed by atoms with Crippen LogP contribution in [0.5, 0.6) is 0 Å². The fourth-order valence-electron chi connectivity index (χ4n) is 1.57. The number of urea groups is 1. The van der Waals surface area contributed by atoms with Crippen molar-refractivity contribution in [2.75, 3.05) is 24.6 Å². The zero-order valence-corrected chi connectivity index (χ0v) is 10.2. The minimum Gasteiger partial charge on any atom is -0.481 e. The molecular weight excluding hydrogens is 273 g/mol. The maximum absolute atomic E-state index is 12.0. The predicted octanol–water partition coefficient (Wildman–Crippen LogP) is 1.15. The first-order valence-corrected chi connectivity index (χ1v) is 6.36. The molecule has 0 aromatic rings. The van der Waals surface area contributed by atoms with Gasteiger partial charge in [0.1, 0.15) is 6.54 Å². The van der Waals surface area contributed by atoms with Crippen molar-refractivity contribution in [2.45, 2.75) is 18.6 Å². The Hall–Kier alpha value is -1.12. The lowest BCUT2D eigenvalue weighted by atomic mass is 10.2. The highest BCUT2D eigenvalue weighted by Gasteiger charge is 2.32. The van der Waals surface area contributed by atoms with Crippen LogP contribution in [-0.2, 0) is 4.79 Å². The van der Waals surface area contributed by atoms with Crippen molar-refractivity contribution in [3.05, 3.63) is 0 Å². The minimum atomic E-state index is -4.47. The second-order valence-corrected chi connectivity index (χ2v) is 4.94. The number of carboxylic acids is 1. The molecule has 18 heavy (non-hydrogen) atoms. The summed E-state index contributed by atoms with van der Waals surface area (Å²) in [6.45, 7) is -1.15. The summed E-state index contributed by atoms with van der Waals surface area (Å²) in [6.07, 6.45) is -4.73. The van der Waals surface area contributed by atoms with Crippen molar-refractivity contribution in [1.29, 1.82) is 0 Å². The topological polar surface area (TPSA) is 69.6 Å². The Labute approximate surface area is 106 Å². The Morgan fingerprint density at radius 1 is 1.44 bits per heavy atom. The molecule has 1 unspecified atom stereocenters. The largest absolute Gasteiger partial charge is 0.481 e. The Morgan fingerprint density at radius 3 is 2.67 bits per heavy atom. The minimum absolute atomic E-state index is 0.256. The van der Waals surface area contributed by atoms with Crippen LogP contribution >= 0.6 is 11.8 Å². The molecular formula is C9H13F3N2O3S. The number of hydrogen-bond donors (Lipinski definition) is 2. The Morgan fingerprint density at radius 2 is 2.11 bits per heavy atom. The Bertz CT molecular complexity index is 325. The van der Waals surface area contributed by atoms with Gasteiger partial charge in [-0.3, -0.25) is 4.79 Å². The number of hydrogen-bond acceptors (Lipinski definition) is 3. The molecule has 0 radical (unpaired) electrons. The molecule has 1 atom stereocenters. The molecule has 5 nitrogen and oxygen atoms in total. The van der Waals surface area contributed by atoms with Gasteiger partial charge in [0.25, 0.3) is 0 Å². The number of carbonyl (C=O) groups excluding carboxylic acids is 1. The molecule has 1 aliphatic rings. The molecule has 0 bridgehead atoms. The lowest BCUT2D eigenvalue weighted by molar-refractivity contribution is -0.138. The van der Waals surface area contributed by atoms with E-state index < -0.39 is 30.8 Å². The third-order valence-electron chi connectivity index (χ3n) is 2.34. The van der Waals surface area contributed by atoms with Crippen molar-refractivity contribution in [3.8, 4) is 0 Å². The van der Waals surface area contributed by atoms with Gasteiger partial charge in [-0.05, 0) is 0 Å². The number of halogens is 3. The molecule has 2 N–H and O–H groups in total. The van der Waals surface area contributed by atoms with E-state index in [2.05, 4.69) is 0 Å². The van der Waals surface area contributed by atoms with Crippen LogP contribution in [0.1, 0.15) is 6.42 Å². The van der Waals surface area contributed by atoms with Gasteiger partial charge in [0.2, 0.25) is 0 Å². The molecule has 0 aromatic carbocycles. The molecule has 9 heteroatoms. The highest BCUT2D eigenvalue weighted by molar-refractivity contribution is 7.99. The van der Waals surface area contributed by atoms with Gasteiger partial charge in [-0.25, -0.2) is 4.79 Å². The summed E-state index contributed by atoms with van der Waals surface area (Å²) in [6, 6.07) is -1.42. The smallest absolute Gasteiger partial charge is 0.405 e. The monoisotopic (exact) mass is 286 g/mol. The Kier molecular flexibility index (Phi) is 5.12. The van der Waals surface area contributed by atoms with Crippen LogP contribution in [0, 0.1) is 0 Å². The summed E-state index contributed by atoms with van der Waals surface area (Å²) in [5.74, 6) is -0.0579. The molecule has 1 rings (SSSR count). The van der Waals surface area contributed by atoms with Crippen molar-refractivity contribution in [3.63, 3.8) is 0 Å². The molecule has 0 aromatic heterocycles. The lowest BCUT2D eigenvalue weighted by Crippen LogP contribution is -2.52. The first kappa shape index (κ1) is 14.9.